The quantitative estimate of drug-likeness (QED) is 0.362. The number of hydrogen-bond donors (Lipinski definition) is 2. The van der Waals surface area contributed by atoms with Crippen molar-refractivity contribution in [2.75, 3.05) is 32.8 Å². The van der Waals surface area contributed by atoms with Gasteiger partial charge in [0, 0.05) is 63.1 Å². The zero-order valence-corrected chi connectivity index (χ0v) is 21.9. The van der Waals surface area contributed by atoms with Gasteiger partial charge in [-0.1, -0.05) is 29.8 Å². The summed E-state index contributed by atoms with van der Waals surface area (Å²) in [5, 5.41) is 14.0. The first-order valence-corrected chi connectivity index (χ1v) is 13.3. The van der Waals surface area contributed by atoms with Gasteiger partial charge in [0.05, 0.1) is 11.0 Å². The number of piperidine rings is 1. The molecule has 0 bridgehead atoms. The minimum Gasteiger partial charge on any atom is -0.377 e. The third kappa shape index (κ3) is 6.94. The van der Waals surface area contributed by atoms with E-state index in [2.05, 4.69) is 10.2 Å². The van der Waals surface area contributed by atoms with Crippen LogP contribution in [-0.2, 0) is 16.1 Å². The molecule has 2 fully saturated rings. The van der Waals surface area contributed by atoms with Crippen molar-refractivity contribution in [1.29, 1.82) is 0 Å². The number of likely N-dealkylation sites (tertiary alicyclic amines) is 1. The van der Waals surface area contributed by atoms with E-state index in [-0.39, 0.29) is 29.6 Å². The Labute approximate surface area is 223 Å². The fraction of sp³-hybridized carbons (Fsp3) is 0.500. The highest BCUT2D eigenvalue weighted by Crippen LogP contribution is 2.28. The average Bonchev–Trinajstić information content (AvgIpc) is 3.44. The minimum absolute atomic E-state index is 0.0325. The number of carbonyl (C=O) groups excluding carboxylic acids is 2. The molecule has 4 rings (SSSR count). The van der Waals surface area contributed by atoms with Gasteiger partial charge in [0.1, 0.15) is 6.04 Å². The van der Waals surface area contributed by atoms with Gasteiger partial charge in [0.25, 0.3) is 11.6 Å². The molecule has 2 aliphatic heterocycles. The van der Waals surface area contributed by atoms with E-state index in [0.29, 0.717) is 51.1 Å². The molecule has 2 heterocycles. The largest absolute Gasteiger partial charge is 0.377 e. The van der Waals surface area contributed by atoms with Crippen LogP contribution in [-0.4, -0.2) is 77.5 Å². The molecule has 2 unspecified atom stereocenters. The van der Waals surface area contributed by atoms with E-state index in [0.717, 1.165) is 30.6 Å². The lowest BCUT2D eigenvalue weighted by Gasteiger charge is -2.43. The number of nitrogens with one attached hydrogen (secondary N) is 1. The van der Waals surface area contributed by atoms with Gasteiger partial charge in [0.15, 0.2) is 0 Å². The van der Waals surface area contributed by atoms with E-state index in [9.17, 15) is 19.7 Å². The van der Waals surface area contributed by atoms with E-state index < -0.39 is 11.0 Å². The molecule has 0 aliphatic carbocycles. The number of amides is 2. The molecular formula is C28H37N5O5. The number of non-ortho nitro benzene ring substituents is 1. The van der Waals surface area contributed by atoms with Crippen LogP contribution in [0.4, 0.5) is 5.69 Å². The maximum atomic E-state index is 13.5. The van der Waals surface area contributed by atoms with Crippen LogP contribution in [0.25, 0.3) is 0 Å². The van der Waals surface area contributed by atoms with Gasteiger partial charge < -0.3 is 20.7 Å². The van der Waals surface area contributed by atoms with Gasteiger partial charge in [-0.2, -0.15) is 0 Å². The van der Waals surface area contributed by atoms with E-state index in [1.54, 1.807) is 29.2 Å². The molecule has 2 aliphatic rings. The topological polar surface area (TPSA) is 131 Å². The Morgan fingerprint density at radius 2 is 1.89 bits per heavy atom. The first-order valence-electron chi connectivity index (χ1n) is 13.3. The number of benzene rings is 2. The van der Waals surface area contributed by atoms with Crippen molar-refractivity contribution in [2.24, 2.45) is 5.73 Å². The zero-order chi connectivity index (χ0) is 27.1. The summed E-state index contributed by atoms with van der Waals surface area (Å²) in [7, 11) is 0. The monoisotopic (exact) mass is 523 g/mol. The molecule has 3 atom stereocenters. The summed E-state index contributed by atoms with van der Waals surface area (Å²) in [6.07, 6.45) is 3.28. The van der Waals surface area contributed by atoms with Crippen molar-refractivity contribution >= 4 is 17.5 Å². The molecule has 0 saturated carbocycles. The molecule has 0 radical (unpaired) electrons. The second-order valence-electron chi connectivity index (χ2n) is 10.1. The van der Waals surface area contributed by atoms with Gasteiger partial charge in [-0.25, -0.2) is 0 Å². The number of hydrogen-bond acceptors (Lipinski definition) is 7. The summed E-state index contributed by atoms with van der Waals surface area (Å²) in [5.74, 6) is -0.356. The Bertz CT molecular complexity index is 1100. The highest BCUT2D eigenvalue weighted by Gasteiger charge is 2.39. The summed E-state index contributed by atoms with van der Waals surface area (Å²) >= 11 is 0. The molecule has 2 saturated heterocycles. The number of aryl methyl sites for hydroxylation is 1. The number of nitro groups is 1. The second kappa shape index (κ2) is 12.9. The Morgan fingerprint density at radius 1 is 1.16 bits per heavy atom. The molecule has 0 aromatic heterocycles. The fourth-order valence-corrected chi connectivity index (χ4v) is 5.30. The Hall–Kier alpha value is -3.34. The van der Waals surface area contributed by atoms with Crippen molar-refractivity contribution < 1.29 is 19.2 Å². The lowest BCUT2D eigenvalue weighted by atomic mass is 9.93. The molecular weight excluding hydrogens is 486 g/mol. The lowest BCUT2D eigenvalue weighted by molar-refractivity contribution is -0.384. The van der Waals surface area contributed by atoms with Gasteiger partial charge in [-0.3, -0.25) is 24.6 Å². The van der Waals surface area contributed by atoms with Crippen LogP contribution >= 0.6 is 0 Å². The predicted molar refractivity (Wildman–Crippen MR) is 144 cm³/mol. The van der Waals surface area contributed by atoms with Gasteiger partial charge >= 0.3 is 0 Å². The van der Waals surface area contributed by atoms with E-state index in [1.807, 2.05) is 19.1 Å². The molecule has 3 N–H and O–H groups in total. The number of ether oxygens (including phenoxy) is 1. The van der Waals surface area contributed by atoms with Crippen LogP contribution in [0.15, 0.2) is 48.5 Å². The van der Waals surface area contributed by atoms with Crippen LogP contribution in [0.5, 0.6) is 0 Å². The van der Waals surface area contributed by atoms with Crippen LogP contribution in [0.2, 0.25) is 0 Å². The lowest BCUT2D eigenvalue weighted by Crippen LogP contribution is -2.58. The number of nitrogens with two attached hydrogens (primary N) is 1. The fourth-order valence-electron chi connectivity index (χ4n) is 5.30. The van der Waals surface area contributed by atoms with Gasteiger partial charge in [0.2, 0.25) is 5.91 Å². The molecule has 38 heavy (non-hydrogen) atoms. The van der Waals surface area contributed by atoms with Crippen molar-refractivity contribution in [2.45, 2.75) is 57.3 Å². The third-order valence-corrected chi connectivity index (χ3v) is 7.39. The summed E-state index contributed by atoms with van der Waals surface area (Å²) < 4.78 is 5.93. The van der Waals surface area contributed by atoms with E-state index in [1.165, 1.54) is 12.1 Å². The maximum Gasteiger partial charge on any atom is 0.269 e. The first-order chi connectivity index (χ1) is 18.4. The summed E-state index contributed by atoms with van der Waals surface area (Å²) in [5.41, 5.74) is 8.26. The zero-order valence-electron chi connectivity index (χ0n) is 21.9. The molecule has 0 spiro atoms. The molecule has 2 amide bonds. The Kier molecular flexibility index (Phi) is 9.43. The van der Waals surface area contributed by atoms with Gasteiger partial charge in [-0.05, 0) is 50.3 Å². The van der Waals surface area contributed by atoms with Crippen molar-refractivity contribution in [3.05, 3.63) is 75.3 Å². The molecule has 204 valence electrons. The normalized spacial score (nSPS) is 21.4. The van der Waals surface area contributed by atoms with Crippen molar-refractivity contribution in [3.8, 4) is 0 Å². The summed E-state index contributed by atoms with van der Waals surface area (Å²) in [6.45, 7) is 5.09. The van der Waals surface area contributed by atoms with Crippen LogP contribution < -0.4 is 11.1 Å². The summed E-state index contributed by atoms with van der Waals surface area (Å²) in [4.78, 5) is 41.4. The summed E-state index contributed by atoms with van der Waals surface area (Å²) in [6, 6.07) is 13.4. The van der Waals surface area contributed by atoms with Crippen LogP contribution in [0, 0.1) is 17.0 Å². The number of rotatable bonds is 10. The van der Waals surface area contributed by atoms with E-state index >= 15 is 0 Å². The highest BCUT2D eigenvalue weighted by molar-refractivity contribution is 5.97. The third-order valence-electron chi connectivity index (χ3n) is 7.39. The first kappa shape index (κ1) is 27.7. The average molecular weight is 524 g/mol. The predicted octanol–water partition coefficient (Wildman–Crippen LogP) is 2.63. The Balaban J connectivity index is 1.55. The van der Waals surface area contributed by atoms with Crippen molar-refractivity contribution in [3.63, 3.8) is 0 Å². The number of nitrogens with zero attached hydrogens (tertiary/aromatic N) is 3. The number of carbonyl (C=O) groups is 2. The van der Waals surface area contributed by atoms with Gasteiger partial charge in [-0.15, -0.1) is 0 Å². The highest BCUT2D eigenvalue weighted by atomic mass is 16.6. The maximum absolute atomic E-state index is 13.5. The van der Waals surface area contributed by atoms with E-state index in [4.69, 9.17) is 10.5 Å². The smallest absolute Gasteiger partial charge is 0.269 e. The molecule has 10 heteroatoms. The van der Waals surface area contributed by atoms with Crippen LogP contribution in [0.1, 0.15) is 47.2 Å². The van der Waals surface area contributed by atoms with Crippen LogP contribution in [0.3, 0.4) is 0 Å². The molecule has 10 nitrogen and oxygen atoms in total. The SMILES string of the molecule is Cc1ccc(C(=O)N2CCC(N(Cc3ccc([N+](=O)[O-])cc3)CC3CCCO3)C[C@@H]2C(=O)NCCN)cc1. The minimum atomic E-state index is -0.627. The molecule has 2 aromatic rings. The Morgan fingerprint density at radius 3 is 2.53 bits per heavy atom. The standard InChI is InChI=1S/C28H37N5O5/c1-20-4-8-22(9-5-20)28(35)32-15-12-24(17-26(32)27(34)30-14-13-29)31(19-25-3-2-16-38-25)18-21-6-10-23(11-7-21)33(36)37/h4-11,24-26H,2-3,12-19,29H2,1H3,(H,30,34)/t24?,25?,26-/m1/s1. The number of nitro benzene ring substituents is 1. The molecule has 2 aromatic carbocycles. The second-order valence-corrected chi connectivity index (χ2v) is 10.1. The van der Waals surface area contributed by atoms with Crippen molar-refractivity contribution in [1.82, 2.24) is 15.1 Å².